The molecule has 0 bridgehead atoms. The van der Waals surface area contributed by atoms with Gasteiger partial charge in [0.05, 0.1) is 39.7 Å². The molecule has 0 unspecified atom stereocenters. The first-order chi connectivity index (χ1) is 12.5. The maximum Gasteiger partial charge on any atom is 0.257 e. The summed E-state index contributed by atoms with van der Waals surface area (Å²) < 4.78 is 5.15. The number of benzene rings is 1. The van der Waals surface area contributed by atoms with Crippen LogP contribution in [0.3, 0.4) is 0 Å². The molecule has 0 fully saturated rings. The number of anilines is 1. The Labute approximate surface area is 159 Å². The molecule has 2 amide bonds. The van der Waals surface area contributed by atoms with Crippen molar-refractivity contribution in [1.82, 2.24) is 10.3 Å². The Balaban J connectivity index is 1.70. The lowest BCUT2D eigenvalue weighted by Gasteiger charge is -2.09. The van der Waals surface area contributed by atoms with E-state index < -0.39 is 5.91 Å². The average molecular weight is 390 g/mol. The monoisotopic (exact) mass is 389 g/mol. The predicted octanol–water partition coefficient (Wildman–Crippen LogP) is 4.16. The van der Waals surface area contributed by atoms with Crippen LogP contribution in [0, 0.1) is 0 Å². The third-order valence-corrected chi connectivity index (χ3v) is 4.28. The number of halogens is 2. The zero-order chi connectivity index (χ0) is 18.5. The molecule has 0 saturated heterocycles. The van der Waals surface area contributed by atoms with Crippen molar-refractivity contribution in [3.05, 3.63) is 82.0 Å². The third-order valence-electron chi connectivity index (χ3n) is 3.47. The van der Waals surface area contributed by atoms with Crippen LogP contribution < -0.4 is 10.6 Å². The van der Waals surface area contributed by atoms with Gasteiger partial charge in [-0.25, -0.2) is 0 Å². The van der Waals surface area contributed by atoms with Gasteiger partial charge in [0.25, 0.3) is 11.8 Å². The average Bonchev–Trinajstić information content (AvgIpc) is 3.17. The van der Waals surface area contributed by atoms with Crippen LogP contribution >= 0.6 is 23.2 Å². The van der Waals surface area contributed by atoms with Crippen LogP contribution in [0.1, 0.15) is 26.5 Å². The highest BCUT2D eigenvalue weighted by Gasteiger charge is 2.14. The highest BCUT2D eigenvalue weighted by Crippen LogP contribution is 2.29. The van der Waals surface area contributed by atoms with Gasteiger partial charge in [-0.05, 0) is 30.3 Å². The summed E-state index contributed by atoms with van der Waals surface area (Å²) in [6, 6.07) is 9.83. The molecule has 0 aliphatic heterocycles. The molecule has 1 aromatic carbocycles. The minimum atomic E-state index is -0.456. The van der Waals surface area contributed by atoms with Gasteiger partial charge < -0.3 is 15.1 Å². The Morgan fingerprint density at radius 1 is 1.04 bits per heavy atom. The van der Waals surface area contributed by atoms with Crippen LogP contribution in [0.4, 0.5) is 5.69 Å². The first-order valence-corrected chi connectivity index (χ1v) is 8.31. The summed E-state index contributed by atoms with van der Waals surface area (Å²) >= 11 is 12.0. The molecule has 0 saturated carbocycles. The number of amides is 2. The van der Waals surface area contributed by atoms with Gasteiger partial charge in [0.2, 0.25) is 0 Å². The zero-order valence-electron chi connectivity index (χ0n) is 13.3. The largest absolute Gasteiger partial charge is 0.467 e. The number of furan rings is 1. The quantitative estimate of drug-likeness (QED) is 0.685. The summed E-state index contributed by atoms with van der Waals surface area (Å²) in [5.41, 5.74) is 0.838. The van der Waals surface area contributed by atoms with Crippen molar-refractivity contribution in [3.8, 4) is 0 Å². The summed E-state index contributed by atoms with van der Waals surface area (Å²) in [4.78, 5) is 28.6. The molecule has 0 spiro atoms. The van der Waals surface area contributed by atoms with Crippen LogP contribution in [0.5, 0.6) is 0 Å². The summed E-state index contributed by atoms with van der Waals surface area (Å²) in [5, 5.41) is 5.90. The van der Waals surface area contributed by atoms with E-state index in [0.717, 1.165) is 0 Å². The summed E-state index contributed by atoms with van der Waals surface area (Å²) in [5.74, 6) is -0.206. The van der Waals surface area contributed by atoms with Crippen molar-refractivity contribution in [2.75, 3.05) is 5.32 Å². The van der Waals surface area contributed by atoms with Gasteiger partial charge >= 0.3 is 0 Å². The minimum Gasteiger partial charge on any atom is -0.467 e. The lowest BCUT2D eigenvalue weighted by molar-refractivity contribution is 0.0947. The van der Waals surface area contributed by atoms with Crippen LogP contribution in [0.25, 0.3) is 0 Å². The molecule has 3 rings (SSSR count). The fourth-order valence-corrected chi connectivity index (χ4v) is 2.51. The first kappa shape index (κ1) is 18.0. The van der Waals surface area contributed by atoms with E-state index >= 15 is 0 Å². The number of aromatic nitrogens is 1. The Morgan fingerprint density at radius 2 is 1.81 bits per heavy atom. The van der Waals surface area contributed by atoms with Crippen LogP contribution in [0.15, 0.2) is 59.5 Å². The molecule has 8 heteroatoms. The van der Waals surface area contributed by atoms with Gasteiger partial charge in [-0.15, -0.1) is 0 Å². The Morgan fingerprint density at radius 3 is 2.54 bits per heavy atom. The van der Waals surface area contributed by atoms with Crippen molar-refractivity contribution < 1.29 is 14.0 Å². The molecule has 0 aliphatic rings. The van der Waals surface area contributed by atoms with Gasteiger partial charge in [0.1, 0.15) is 5.76 Å². The fourth-order valence-electron chi connectivity index (χ4n) is 2.17. The molecular formula is C18H13Cl2N3O3. The van der Waals surface area contributed by atoms with E-state index in [4.69, 9.17) is 27.6 Å². The number of nitrogens with one attached hydrogen (secondary N) is 2. The molecule has 26 heavy (non-hydrogen) atoms. The Hall–Kier alpha value is -2.83. The second-order valence-electron chi connectivity index (χ2n) is 5.28. The molecule has 0 atom stereocenters. The van der Waals surface area contributed by atoms with Crippen LogP contribution in [0.2, 0.25) is 10.0 Å². The molecule has 0 radical (unpaired) electrons. The number of carbonyl (C=O) groups is 2. The number of hydrogen-bond donors (Lipinski definition) is 2. The zero-order valence-corrected chi connectivity index (χ0v) is 14.8. The van der Waals surface area contributed by atoms with Gasteiger partial charge in [-0.1, -0.05) is 29.3 Å². The summed E-state index contributed by atoms with van der Waals surface area (Å²) in [6.45, 7) is 0.236. The molecular weight excluding hydrogens is 377 g/mol. The number of pyridine rings is 1. The van der Waals surface area contributed by atoms with Crippen molar-refractivity contribution in [2.45, 2.75) is 6.54 Å². The molecule has 2 aromatic heterocycles. The summed E-state index contributed by atoms with van der Waals surface area (Å²) in [6.07, 6.45) is 4.26. The van der Waals surface area contributed by atoms with Gasteiger partial charge in [-0.2, -0.15) is 0 Å². The van der Waals surface area contributed by atoms with Gasteiger partial charge in [0.15, 0.2) is 0 Å². The number of rotatable bonds is 5. The maximum absolute atomic E-state index is 12.4. The second-order valence-corrected chi connectivity index (χ2v) is 6.06. The smallest absolute Gasteiger partial charge is 0.257 e. The van der Waals surface area contributed by atoms with E-state index in [-0.39, 0.29) is 28.6 Å². The topological polar surface area (TPSA) is 84.2 Å². The first-order valence-electron chi connectivity index (χ1n) is 7.55. The van der Waals surface area contributed by atoms with Crippen LogP contribution in [-0.4, -0.2) is 16.8 Å². The van der Waals surface area contributed by atoms with E-state index in [1.54, 1.807) is 30.3 Å². The predicted molar refractivity (Wildman–Crippen MR) is 98.5 cm³/mol. The molecule has 3 aromatic rings. The van der Waals surface area contributed by atoms with E-state index in [1.165, 1.54) is 24.7 Å². The minimum absolute atomic E-state index is 0.215. The van der Waals surface area contributed by atoms with Gasteiger partial charge in [-0.3, -0.25) is 14.6 Å². The van der Waals surface area contributed by atoms with Crippen molar-refractivity contribution >= 4 is 40.7 Å². The number of carbonyl (C=O) groups excluding carboxylic acids is 2. The van der Waals surface area contributed by atoms with Crippen molar-refractivity contribution in [1.29, 1.82) is 0 Å². The Bertz CT molecular complexity index is 943. The maximum atomic E-state index is 12.4. The SMILES string of the molecule is O=C(NCc1ccco1)c1cncc(C(=O)Nc2cccc(Cl)c2Cl)c1. The fraction of sp³-hybridized carbons (Fsp3) is 0.0556. The third kappa shape index (κ3) is 4.22. The molecule has 132 valence electrons. The van der Waals surface area contributed by atoms with Gasteiger partial charge in [0, 0.05) is 12.4 Å². The van der Waals surface area contributed by atoms with Crippen molar-refractivity contribution in [2.24, 2.45) is 0 Å². The number of nitrogens with zero attached hydrogens (tertiary/aromatic N) is 1. The lowest BCUT2D eigenvalue weighted by atomic mass is 10.1. The highest BCUT2D eigenvalue weighted by molar-refractivity contribution is 6.44. The molecule has 6 nitrogen and oxygen atoms in total. The van der Waals surface area contributed by atoms with E-state index in [0.29, 0.717) is 16.5 Å². The van der Waals surface area contributed by atoms with E-state index in [9.17, 15) is 9.59 Å². The second kappa shape index (κ2) is 8.03. The van der Waals surface area contributed by atoms with Crippen LogP contribution in [-0.2, 0) is 6.54 Å². The molecule has 2 N–H and O–H groups in total. The standard InChI is InChI=1S/C18H13Cl2N3O3/c19-14-4-1-5-15(16(14)20)23-18(25)12-7-11(8-21-9-12)17(24)22-10-13-3-2-6-26-13/h1-9H,10H2,(H,22,24)(H,23,25). The molecule has 2 heterocycles. The Kier molecular flexibility index (Phi) is 5.55. The molecule has 0 aliphatic carbocycles. The van der Waals surface area contributed by atoms with E-state index in [1.807, 2.05) is 0 Å². The highest BCUT2D eigenvalue weighted by atomic mass is 35.5. The lowest BCUT2D eigenvalue weighted by Crippen LogP contribution is -2.23. The summed E-state index contributed by atoms with van der Waals surface area (Å²) in [7, 11) is 0. The number of hydrogen-bond acceptors (Lipinski definition) is 4. The normalized spacial score (nSPS) is 10.4. The van der Waals surface area contributed by atoms with Crippen molar-refractivity contribution in [3.63, 3.8) is 0 Å². The van der Waals surface area contributed by atoms with E-state index in [2.05, 4.69) is 15.6 Å².